The van der Waals surface area contributed by atoms with Crippen molar-refractivity contribution in [3.05, 3.63) is 24.3 Å². The molecule has 156 valence electrons. The number of ether oxygens (including phenoxy) is 1. The van der Waals surface area contributed by atoms with Gasteiger partial charge >= 0.3 is 0 Å². The number of benzene rings is 1. The van der Waals surface area contributed by atoms with Crippen molar-refractivity contribution in [2.24, 2.45) is 5.92 Å². The summed E-state index contributed by atoms with van der Waals surface area (Å²) in [6, 6.07) is 6.53. The summed E-state index contributed by atoms with van der Waals surface area (Å²) < 4.78 is 32.5. The molecule has 2 aliphatic heterocycles. The minimum absolute atomic E-state index is 0.0670. The summed E-state index contributed by atoms with van der Waals surface area (Å²) in [5.74, 6) is 0.918. The molecule has 0 atom stereocenters. The molecule has 0 bridgehead atoms. The molecule has 2 heterocycles. The molecule has 1 aromatic rings. The lowest BCUT2D eigenvalue weighted by Crippen LogP contribution is -2.44. The van der Waals surface area contributed by atoms with Crippen LogP contribution in [0.25, 0.3) is 0 Å². The first-order valence-electron chi connectivity index (χ1n) is 10.1. The van der Waals surface area contributed by atoms with Gasteiger partial charge in [-0.25, -0.2) is 8.42 Å². The van der Waals surface area contributed by atoms with Crippen LogP contribution in [0.15, 0.2) is 29.2 Å². The topological polar surface area (TPSA) is 78.9 Å². The fourth-order valence-electron chi connectivity index (χ4n) is 3.65. The second-order valence-electron chi connectivity index (χ2n) is 7.99. The molecule has 1 aromatic carbocycles. The Hall–Kier alpha value is -1.64. The van der Waals surface area contributed by atoms with Crippen LogP contribution in [-0.2, 0) is 14.8 Å². The van der Waals surface area contributed by atoms with Crippen molar-refractivity contribution in [3.8, 4) is 5.75 Å². The second-order valence-corrected chi connectivity index (χ2v) is 9.93. The normalized spacial score (nSPS) is 20.8. The highest BCUT2D eigenvalue weighted by Crippen LogP contribution is 2.24. The number of rotatable bonds is 6. The molecule has 8 heteroatoms. The first-order valence-corrected chi connectivity index (χ1v) is 11.5. The van der Waals surface area contributed by atoms with Crippen molar-refractivity contribution < 1.29 is 17.9 Å². The van der Waals surface area contributed by atoms with Crippen molar-refractivity contribution in [2.45, 2.75) is 43.5 Å². The fraction of sp³-hybridized carbons (Fsp3) is 0.650. The van der Waals surface area contributed by atoms with Gasteiger partial charge in [-0.05, 0) is 76.0 Å². The maximum absolute atomic E-state index is 12.7. The molecule has 0 unspecified atom stereocenters. The van der Waals surface area contributed by atoms with Gasteiger partial charge in [-0.1, -0.05) is 6.92 Å². The summed E-state index contributed by atoms with van der Waals surface area (Å²) in [4.78, 5) is 14.6. The molecule has 28 heavy (non-hydrogen) atoms. The Morgan fingerprint density at radius 1 is 1.07 bits per heavy atom. The number of likely N-dealkylation sites (tertiary alicyclic amines) is 1. The zero-order valence-electron chi connectivity index (χ0n) is 16.8. The van der Waals surface area contributed by atoms with E-state index in [1.165, 1.54) is 0 Å². The van der Waals surface area contributed by atoms with Gasteiger partial charge in [-0.3, -0.25) is 4.79 Å². The maximum atomic E-state index is 12.7. The first kappa shape index (κ1) is 21.1. The van der Waals surface area contributed by atoms with Gasteiger partial charge in [0.15, 0.2) is 6.61 Å². The van der Waals surface area contributed by atoms with Gasteiger partial charge in [0.25, 0.3) is 5.91 Å². The molecule has 0 aromatic heterocycles. The van der Waals surface area contributed by atoms with Gasteiger partial charge in [-0.2, -0.15) is 4.31 Å². The molecule has 0 radical (unpaired) electrons. The van der Waals surface area contributed by atoms with E-state index in [0.29, 0.717) is 24.8 Å². The summed E-state index contributed by atoms with van der Waals surface area (Å²) in [6.45, 7) is 5.19. The molecule has 1 N–H and O–H groups in total. The van der Waals surface area contributed by atoms with Gasteiger partial charge < -0.3 is 15.0 Å². The highest BCUT2D eigenvalue weighted by Gasteiger charge is 2.28. The Kier molecular flexibility index (Phi) is 6.95. The molecule has 2 fully saturated rings. The average molecular weight is 410 g/mol. The lowest BCUT2D eigenvalue weighted by molar-refractivity contribution is -0.124. The summed E-state index contributed by atoms with van der Waals surface area (Å²) in [7, 11) is -1.38. The highest BCUT2D eigenvalue weighted by molar-refractivity contribution is 7.89. The van der Waals surface area contributed by atoms with E-state index in [1.807, 2.05) is 0 Å². The molecule has 0 saturated carbocycles. The average Bonchev–Trinajstić information content (AvgIpc) is 2.69. The van der Waals surface area contributed by atoms with Crippen LogP contribution in [0.4, 0.5) is 0 Å². The number of carbonyl (C=O) groups excluding carboxylic acids is 1. The van der Waals surface area contributed by atoms with Crippen LogP contribution in [0, 0.1) is 5.92 Å². The number of sulfonamides is 1. The molecule has 0 spiro atoms. The van der Waals surface area contributed by atoms with Crippen molar-refractivity contribution in [1.82, 2.24) is 14.5 Å². The Morgan fingerprint density at radius 3 is 2.29 bits per heavy atom. The van der Waals surface area contributed by atoms with Crippen LogP contribution < -0.4 is 10.1 Å². The third-order valence-corrected chi connectivity index (χ3v) is 7.57. The van der Waals surface area contributed by atoms with Gasteiger partial charge in [0.1, 0.15) is 5.75 Å². The number of hydrogen-bond donors (Lipinski definition) is 1. The number of hydrogen-bond acceptors (Lipinski definition) is 5. The molecule has 1 amide bonds. The van der Waals surface area contributed by atoms with Crippen LogP contribution in [0.1, 0.15) is 32.6 Å². The lowest BCUT2D eigenvalue weighted by Gasteiger charge is -2.29. The third kappa shape index (κ3) is 5.46. The Balaban J connectivity index is 1.49. The van der Waals surface area contributed by atoms with E-state index < -0.39 is 10.0 Å². The third-order valence-electron chi connectivity index (χ3n) is 5.66. The second kappa shape index (κ2) is 9.24. The molecule has 7 nitrogen and oxygen atoms in total. The van der Waals surface area contributed by atoms with Gasteiger partial charge in [0, 0.05) is 19.1 Å². The van der Waals surface area contributed by atoms with Crippen LogP contribution in [0.2, 0.25) is 0 Å². The monoisotopic (exact) mass is 409 g/mol. The van der Waals surface area contributed by atoms with E-state index in [4.69, 9.17) is 4.74 Å². The van der Waals surface area contributed by atoms with Crippen molar-refractivity contribution in [1.29, 1.82) is 0 Å². The number of piperidine rings is 2. The van der Waals surface area contributed by atoms with Crippen molar-refractivity contribution in [2.75, 3.05) is 39.8 Å². The van der Waals surface area contributed by atoms with E-state index in [2.05, 4.69) is 24.2 Å². The van der Waals surface area contributed by atoms with Crippen LogP contribution in [0.5, 0.6) is 5.75 Å². The standard InChI is InChI=1S/C20H31N3O4S/c1-16-7-13-23(14-8-16)28(25,26)19-5-3-18(4-6-19)27-15-20(24)21-17-9-11-22(2)12-10-17/h3-6,16-17H,7-15H2,1-2H3,(H,21,24). The zero-order chi connectivity index (χ0) is 20.1. The van der Waals surface area contributed by atoms with Gasteiger partial charge in [0.05, 0.1) is 4.90 Å². The number of nitrogens with zero attached hydrogens (tertiary/aromatic N) is 2. The molecule has 0 aliphatic carbocycles. The van der Waals surface area contributed by atoms with Crippen LogP contribution >= 0.6 is 0 Å². The molecule has 2 saturated heterocycles. The lowest BCUT2D eigenvalue weighted by atomic mass is 10.0. The summed E-state index contributed by atoms with van der Waals surface area (Å²) in [6.07, 6.45) is 3.69. The summed E-state index contributed by atoms with van der Waals surface area (Å²) in [5.41, 5.74) is 0. The Bertz CT molecular complexity index is 750. The van der Waals surface area contributed by atoms with Gasteiger partial charge in [-0.15, -0.1) is 0 Å². The smallest absolute Gasteiger partial charge is 0.258 e. The quantitative estimate of drug-likeness (QED) is 0.774. The van der Waals surface area contributed by atoms with E-state index in [-0.39, 0.29) is 23.5 Å². The maximum Gasteiger partial charge on any atom is 0.258 e. The molecule has 3 rings (SSSR count). The minimum Gasteiger partial charge on any atom is -0.484 e. The molecule has 2 aliphatic rings. The van der Waals surface area contributed by atoms with Crippen LogP contribution in [0.3, 0.4) is 0 Å². The summed E-state index contributed by atoms with van der Waals surface area (Å²) >= 11 is 0. The molecular weight excluding hydrogens is 378 g/mol. The van der Waals surface area contributed by atoms with E-state index in [1.54, 1.807) is 28.6 Å². The Morgan fingerprint density at radius 2 is 1.68 bits per heavy atom. The Labute approximate surface area is 168 Å². The number of nitrogens with one attached hydrogen (secondary N) is 1. The SMILES string of the molecule is CC1CCN(S(=O)(=O)c2ccc(OCC(=O)NC3CCN(C)CC3)cc2)CC1. The van der Waals surface area contributed by atoms with E-state index in [0.717, 1.165) is 38.8 Å². The number of carbonyl (C=O) groups is 1. The predicted octanol–water partition coefficient (Wildman–Crippen LogP) is 1.70. The zero-order valence-corrected chi connectivity index (χ0v) is 17.6. The van der Waals surface area contributed by atoms with Crippen LogP contribution in [-0.4, -0.2) is 69.4 Å². The van der Waals surface area contributed by atoms with Gasteiger partial charge in [0.2, 0.25) is 10.0 Å². The largest absolute Gasteiger partial charge is 0.484 e. The fourth-order valence-corrected chi connectivity index (χ4v) is 5.12. The van der Waals surface area contributed by atoms with E-state index >= 15 is 0 Å². The van der Waals surface area contributed by atoms with Crippen molar-refractivity contribution >= 4 is 15.9 Å². The highest BCUT2D eigenvalue weighted by atomic mass is 32.2. The number of amides is 1. The summed E-state index contributed by atoms with van der Waals surface area (Å²) in [5, 5.41) is 3.00. The predicted molar refractivity (Wildman–Crippen MR) is 108 cm³/mol. The first-order chi connectivity index (χ1) is 13.3. The molecular formula is C20H31N3O4S. The van der Waals surface area contributed by atoms with Crippen molar-refractivity contribution in [3.63, 3.8) is 0 Å². The minimum atomic E-state index is -3.46. The van der Waals surface area contributed by atoms with E-state index in [9.17, 15) is 13.2 Å².